The number of pyridine rings is 1. The second-order valence-electron chi connectivity index (χ2n) is 8.49. The first-order valence-corrected chi connectivity index (χ1v) is 12.0. The van der Waals surface area contributed by atoms with E-state index >= 15 is 0 Å². The fraction of sp³-hybridized carbons (Fsp3) is 0.111. The summed E-state index contributed by atoms with van der Waals surface area (Å²) in [4.78, 5) is 48.7. The van der Waals surface area contributed by atoms with Gasteiger partial charge in [-0.3, -0.25) is 29.2 Å². The largest absolute Gasteiger partial charge is 0.286 e. The number of amides is 3. The number of imide groups is 1. The average molecular weight is 559 g/mol. The van der Waals surface area contributed by atoms with Crippen LogP contribution in [0.1, 0.15) is 27.9 Å². The zero-order chi connectivity index (χ0) is 23.4. The molecular weight excluding hydrogens is 541 g/mol. The summed E-state index contributed by atoms with van der Waals surface area (Å²) in [6.45, 7) is 0.162. The van der Waals surface area contributed by atoms with Gasteiger partial charge >= 0.3 is 0 Å². The monoisotopic (exact) mass is 559 g/mol. The van der Waals surface area contributed by atoms with Gasteiger partial charge in [0.25, 0.3) is 11.8 Å². The number of rotatable bonds is 3. The molecule has 1 unspecified atom stereocenters. The van der Waals surface area contributed by atoms with Crippen molar-refractivity contribution in [3.05, 3.63) is 105 Å². The van der Waals surface area contributed by atoms with E-state index in [9.17, 15) is 14.4 Å². The maximum Gasteiger partial charge on any atom is 0.261 e. The van der Waals surface area contributed by atoms with Gasteiger partial charge in [-0.05, 0) is 52.4 Å². The molecule has 1 spiro atoms. The van der Waals surface area contributed by atoms with E-state index in [-0.39, 0.29) is 30.7 Å². The second kappa shape index (κ2) is 7.73. The molecule has 6 rings (SSSR count). The van der Waals surface area contributed by atoms with Gasteiger partial charge in [0.15, 0.2) is 5.54 Å². The Hall–Kier alpha value is -3.59. The lowest BCUT2D eigenvalue weighted by molar-refractivity contribution is -0.140. The van der Waals surface area contributed by atoms with Crippen LogP contribution in [0.15, 0.2) is 85.1 Å². The van der Waals surface area contributed by atoms with E-state index in [0.29, 0.717) is 22.3 Å². The lowest BCUT2D eigenvalue weighted by Crippen LogP contribution is -2.50. The lowest BCUT2D eigenvalue weighted by atomic mass is 9.87. The quantitative estimate of drug-likeness (QED) is 0.271. The molecule has 3 amide bonds. The third kappa shape index (κ3) is 2.93. The van der Waals surface area contributed by atoms with Gasteiger partial charge in [-0.25, -0.2) is 0 Å². The van der Waals surface area contributed by atoms with Crippen LogP contribution in [0.25, 0.3) is 10.9 Å². The number of para-hydroxylation sites is 1. The minimum Gasteiger partial charge on any atom is -0.286 e. The van der Waals surface area contributed by atoms with Gasteiger partial charge in [-0.2, -0.15) is 0 Å². The highest BCUT2D eigenvalue weighted by Crippen LogP contribution is 2.50. The molecular formula is C27H18IN3O3. The summed E-state index contributed by atoms with van der Waals surface area (Å²) in [6, 6.07) is 24.2. The van der Waals surface area contributed by atoms with Crippen LogP contribution in [-0.4, -0.2) is 27.6 Å². The van der Waals surface area contributed by atoms with Crippen LogP contribution in [-0.2, 0) is 21.7 Å². The Kier molecular flexibility index (Phi) is 4.77. The maximum atomic E-state index is 14.1. The zero-order valence-corrected chi connectivity index (χ0v) is 20.1. The standard InChI is InChI=1S/C27H18IN3O3/c28-19-11-12-21-20(14-19)25(33)31(22-10-4-8-18-9-5-13-29-24(18)22)27(21)15-23(32)30(26(27)34)16-17-6-2-1-3-7-17/h1-14H,15-16H2. The van der Waals surface area contributed by atoms with Crippen molar-refractivity contribution in [2.75, 3.05) is 4.90 Å². The Morgan fingerprint density at radius 1 is 0.912 bits per heavy atom. The molecule has 0 saturated carbocycles. The predicted molar refractivity (Wildman–Crippen MR) is 136 cm³/mol. The Bertz CT molecular complexity index is 1500. The summed E-state index contributed by atoms with van der Waals surface area (Å²) in [5.74, 6) is -0.983. The molecule has 4 aromatic rings. The molecule has 2 aliphatic rings. The summed E-state index contributed by atoms with van der Waals surface area (Å²) in [7, 11) is 0. The third-order valence-corrected chi connectivity index (χ3v) is 7.26. The molecule has 0 aliphatic carbocycles. The fourth-order valence-electron chi connectivity index (χ4n) is 5.09. The summed E-state index contributed by atoms with van der Waals surface area (Å²) < 4.78 is 0.885. The first-order valence-electron chi connectivity index (χ1n) is 10.9. The molecule has 0 bridgehead atoms. The number of likely N-dealkylation sites (tertiary alicyclic amines) is 1. The van der Waals surface area contributed by atoms with Crippen LogP contribution in [0, 0.1) is 3.57 Å². The molecule has 2 aliphatic heterocycles. The average Bonchev–Trinajstić information content (AvgIpc) is 3.24. The first kappa shape index (κ1) is 21.0. The smallest absolute Gasteiger partial charge is 0.261 e. The van der Waals surface area contributed by atoms with Gasteiger partial charge in [-0.15, -0.1) is 0 Å². The number of halogens is 1. The number of fused-ring (bicyclic) bond motifs is 3. The molecule has 7 heteroatoms. The zero-order valence-electron chi connectivity index (χ0n) is 17.9. The molecule has 3 aromatic carbocycles. The summed E-state index contributed by atoms with van der Waals surface area (Å²) in [5.41, 5.74) is 1.57. The van der Waals surface area contributed by atoms with E-state index in [2.05, 4.69) is 27.6 Å². The molecule has 1 atom stereocenters. The van der Waals surface area contributed by atoms with E-state index < -0.39 is 5.54 Å². The van der Waals surface area contributed by atoms with Crippen LogP contribution in [0.5, 0.6) is 0 Å². The van der Waals surface area contributed by atoms with Crippen molar-refractivity contribution in [1.82, 2.24) is 9.88 Å². The highest BCUT2D eigenvalue weighted by molar-refractivity contribution is 14.1. The van der Waals surface area contributed by atoms with Crippen LogP contribution in [0.3, 0.4) is 0 Å². The fourth-order valence-corrected chi connectivity index (χ4v) is 5.58. The van der Waals surface area contributed by atoms with E-state index in [4.69, 9.17) is 0 Å². The maximum absolute atomic E-state index is 14.1. The van der Waals surface area contributed by atoms with E-state index in [1.165, 1.54) is 9.80 Å². The van der Waals surface area contributed by atoms with Crippen LogP contribution in [0.2, 0.25) is 0 Å². The van der Waals surface area contributed by atoms with Gasteiger partial charge in [-0.1, -0.05) is 54.6 Å². The molecule has 1 fully saturated rings. The van der Waals surface area contributed by atoms with Gasteiger partial charge < -0.3 is 0 Å². The number of hydrogen-bond donors (Lipinski definition) is 0. The number of anilines is 1. The molecule has 0 radical (unpaired) electrons. The molecule has 0 N–H and O–H groups in total. The summed E-state index contributed by atoms with van der Waals surface area (Å²) >= 11 is 2.15. The highest BCUT2D eigenvalue weighted by Gasteiger charge is 2.63. The van der Waals surface area contributed by atoms with Crippen LogP contribution >= 0.6 is 22.6 Å². The van der Waals surface area contributed by atoms with Crippen LogP contribution in [0.4, 0.5) is 5.69 Å². The molecule has 34 heavy (non-hydrogen) atoms. The molecule has 166 valence electrons. The van der Waals surface area contributed by atoms with Crippen molar-refractivity contribution in [2.24, 2.45) is 0 Å². The third-order valence-electron chi connectivity index (χ3n) is 6.59. The van der Waals surface area contributed by atoms with E-state index in [1.54, 1.807) is 18.3 Å². The van der Waals surface area contributed by atoms with Crippen molar-refractivity contribution in [3.63, 3.8) is 0 Å². The number of carbonyl (C=O) groups is 3. The molecule has 6 nitrogen and oxygen atoms in total. The normalized spacial score (nSPS) is 19.5. The number of nitrogens with zero attached hydrogens (tertiary/aromatic N) is 3. The Morgan fingerprint density at radius 3 is 2.53 bits per heavy atom. The number of hydrogen-bond acceptors (Lipinski definition) is 4. The van der Waals surface area contributed by atoms with Gasteiger partial charge in [0.05, 0.1) is 24.2 Å². The van der Waals surface area contributed by atoms with E-state index in [1.807, 2.05) is 66.7 Å². The summed E-state index contributed by atoms with van der Waals surface area (Å²) in [6.07, 6.45) is 1.56. The van der Waals surface area contributed by atoms with Gasteiger partial charge in [0, 0.05) is 26.3 Å². The molecule has 1 saturated heterocycles. The van der Waals surface area contributed by atoms with E-state index in [0.717, 1.165) is 14.5 Å². The van der Waals surface area contributed by atoms with Crippen LogP contribution < -0.4 is 4.90 Å². The number of carbonyl (C=O) groups excluding carboxylic acids is 3. The van der Waals surface area contributed by atoms with Crippen molar-refractivity contribution in [3.8, 4) is 0 Å². The number of benzene rings is 3. The van der Waals surface area contributed by atoms with Crippen molar-refractivity contribution in [1.29, 1.82) is 0 Å². The van der Waals surface area contributed by atoms with Crippen molar-refractivity contribution < 1.29 is 14.4 Å². The highest BCUT2D eigenvalue weighted by atomic mass is 127. The second-order valence-corrected chi connectivity index (χ2v) is 9.74. The SMILES string of the molecule is O=C1CC2(C(=O)N1Cc1ccccc1)c1ccc(I)cc1C(=O)N2c1cccc2cccnc12. The molecule has 3 heterocycles. The van der Waals surface area contributed by atoms with Crippen molar-refractivity contribution in [2.45, 2.75) is 18.5 Å². The number of aromatic nitrogens is 1. The van der Waals surface area contributed by atoms with Gasteiger partial charge in [0.1, 0.15) is 0 Å². The predicted octanol–water partition coefficient (Wildman–Crippen LogP) is 4.65. The topological polar surface area (TPSA) is 70.6 Å². The Labute approximate surface area is 209 Å². The Balaban J connectivity index is 1.57. The van der Waals surface area contributed by atoms with Gasteiger partial charge in [0.2, 0.25) is 5.91 Å². The minimum absolute atomic E-state index is 0.110. The molecule has 1 aromatic heterocycles. The first-order chi connectivity index (χ1) is 16.5. The summed E-state index contributed by atoms with van der Waals surface area (Å²) in [5, 5.41) is 0.853. The Morgan fingerprint density at radius 2 is 1.71 bits per heavy atom. The minimum atomic E-state index is -1.44. The van der Waals surface area contributed by atoms with Crippen molar-refractivity contribution >= 4 is 56.9 Å². The lowest BCUT2D eigenvalue weighted by Gasteiger charge is -2.34.